The molecule has 3 aliphatic rings. The molecule has 3 aliphatic heterocycles. The molecule has 28 heavy (non-hydrogen) atoms. The van der Waals surface area contributed by atoms with Crippen LogP contribution in [0.1, 0.15) is 39.2 Å². The smallest absolute Gasteiger partial charge is 0.247 e. The van der Waals surface area contributed by atoms with Crippen molar-refractivity contribution in [1.29, 1.82) is 0 Å². The van der Waals surface area contributed by atoms with Crippen molar-refractivity contribution in [2.75, 3.05) is 25.0 Å². The summed E-state index contributed by atoms with van der Waals surface area (Å²) >= 11 is 0. The number of fused-ring (bicyclic) bond motifs is 1. The number of ether oxygens (including phenoxy) is 1. The van der Waals surface area contributed by atoms with E-state index in [0.717, 1.165) is 18.5 Å². The first-order valence-corrected chi connectivity index (χ1v) is 10.3. The number of rotatable bonds is 5. The summed E-state index contributed by atoms with van der Waals surface area (Å²) in [7, 11) is 0. The summed E-state index contributed by atoms with van der Waals surface area (Å²) in [4.78, 5) is 26.7. The van der Waals surface area contributed by atoms with E-state index in [1.54, 1.807) is 6.92 Å². The second-order valence-corrected chi connectivity index (χ2v) is 9.27. The standard InChI is InChI=1S/C22H31N3O3/c1-14-5-7-16(8-6-14)24-21(3,4)20(27)25-12-18-17(11-23-15(2)26)19-9-10-22(18,13-25)28-19/h5-8,17-19,24H,9-13H2,1-4H3,(H,23,26)/t17-,18+,19+,22+/m0/s1. The molecule has 4 rings (SSSR count). The number of anilines is 1. The third kappa shape index (κ3) is 3.28. The fourth-order valence-corrected chi connectivity index (χ4v) is 5.33. The Morgan fingerprint density at radius 1 is 1.29 bits per heavy atom. The van der Waals surface area contributed by atoms with Gasteiger partial charge in [-0.05, 0) is 45.7 Å². The summed E-state index contributed by atoms with van der Waals surface area (Å²) in [5, 5.41) is 6.35. The first-order chi connectivity index (χ1) is 13.2. The summed E-state index contributed by atoms with van der Waals surface area (Å²) in [6.45, 7) is 9.48. The molecule has 1 spiro atoms. The highest BCUT2D eigenvalue weighted by Gasteiger charge is 2.64. The fraction of sp³-hybridized carbons (Fsp3) is 0.636. The summed E-state index contributed by atoms with van der Waals surface area (Å²) in [5.41, 5.74) is 1.22. The Hall–Kier alpha value is -2.08. The maximum atomic E-state index is 13.4. The highest BCUT2D eigenvalue weighted by molar-refractivity contribution is 5.89. The molecular weight excluding hydrogens is 354 g/mol. The van der Waals surface area contributed by atoms with E-state index < -0.39 is 5.54 Å². The van der Waals surface area contributed by atoms with Gasteiger partial charge in [0.25, 0.3) is 0 Å². The number of carbonyl (C=O) groups excluding carboxylic acids is 2. The number of hydrogen-bond acceptors (Lipinski definition) is 4. The van der Waals surface area contributed by atoms with Gasteiger partial charge in [-0.1, -0.05) is 17.7 Å². The maximum Gasteiger partial charge on any atom is 0.247 e. The lowest BCUT2D eigenvalue weighted by Crippen LogP contribution is -2.50. The van der Waals surface area contributed by atoms with Gasteiger partial charge in [-0.3, -0.25) is 9.59 Å². The van der Waals surface area contributed by atoms with Crippen molar-refractivity contribution < 1.29 is 14.3 Å². The van der Waals surface area contributed by atoms with E-state index in [2.05, 4.69) is 17.6 Å². The molecular formula is C22H31N3O3. The Kier molecular flexibility index (Phi) is 4.65. The molecule has 2 amide bonds. The number of nitrogens with zero attached hydrogens (tertiary/aromatic N) is 1. The van der Waals surface area contributed by atoms with Crippen molar-refractivity contribution in [3.8, 4) is 0 Å². The van der Waals surface area contributed by atoms with Crippen LogP contribution in [0.3, 0.4) is 0 Å². The molecule has 3 heterocycles. The van der Waals surface area contributed by atoms with Crippen molar-refractivity contribution >= 4 is 17.5 Å². The fourth-order valence-electron chi connectivity index (χ4n) is 5.33. The summed E-state index contributed by atoms with van der Waals surface area (Å²) in [6, 6.07) is 8.11. The molecule has 3 fully saturated rings. The van der Waals surface area contributed by atoms with E-state index in [1.807, 2.05) is 43.0 Å². The van der Waals surface area contributed by atoms with E-state index >= 15 is 0 Å². The lowest BCUT2D eigenvalue weighted by atomic mass is 9.73. The molecule has 6 heteroatoms. The number of amides is 2. The lowest BCUT2D eigenvalue weighted by Gasteiger charge is -2.32. The second-order valence-electron chi connectivity index (χ2n) is 9.27. The molecule has 0 unspecified atom stereocenters. The van der Waals surface area contributed by atoms with Crippen LogP contribution < -0.4 is 10.6 Å². The Labute approximate surface area is 167 Å². The molecule has 2 bridgehead atoms. The molecule has 152 valence electrons. The van der Waals surface area contributed by atoms with Gasteiger partial charge in [-0.15, -0.1) is 0 Å². The highest BCUT2D eigenvalue weighted by Crippen LogP contribution is 2.54. The largest absolute Gasteiger partial charge is 0.372 e. The van der Waals surface area contributed by atoms with Gasteiger partial charge < -0.3 is 20.3 Å². The van der Waals surface area contributed by atoms with Crippen LogP contribution in [0, 0.1) is 18.8 Å². The molecule has 2 N–H and O–H groups in total. The van der Waals surface area contributed by atoms with Gasteiger partial charge in [0.15, 0.2) is 0 Å². The minimum atomic E-state index is -0.699. The van der Waals surface area contributed by atoms with Crippen LogP contribution in [-0.2, 0) is 14.3 Å². The Morgan fingerprint density at radius 2 is 2.00 bits per heavy atom. The van der Waals surface area contributed by atoms with Crippen LogP contribution in [0.2, 0.25) is 0 Å². The van der Waals surface area contributed by atoms with Crippen molar-refractivity contribution in [1.82, 2.24) is 10.2 Å². The first-order valence-electron chi connectivity index (χ1n) is 10.3. The van der Waals surface area contributed by atoms with Gasteiger partial charge in [0.2, 0.25) is 11.8 Å². The zero-order valence-corrected chi connectivity index (χ0v) is 17.2. The average molecular weight is 386 g/mol. The Morgan fingerprint density at radius 3 is 2.68 bits per heavy atom. The summed E-state index contributed by atoms with van der Waals surface area (Å²) in [5.74, 6) is 0.689. The van der Waals surface area contributed by atoms with Crippen LogP contribution in [0.25, 0.3) is 0 Å². The lowest BCUT2D eigenvalue weighted by molar-refractivity contribution is -0.135. The zero-order valence-electron chi connectivity index (χ0n) is 17.2. The van der Waals surface area contributed by atoms with Gasteiger partial charge in [-0.2, -0.15) is 0 Å². The quantitative estimate of drug-likeness (QED) is 0.816. The Bertz CT molecular complexity index is 776. The van der Waals surface area contributed by atoms with Gasteiger partial charge in [0.1, 0.15) is 5.54 Å². The van der Waals surface area contributed by atoms with E-state index in [0.29, 0.717) is 31.5 Å². The molecule has 0 saturated carbocycles. The third-order valence-corrected chi connectivity index (χ3v) is 6.70. The van der Waals surface area contributed by atoms with Gasteiger partial charge in [0.05, 0.1) is 18.2 Å². The number of carbonyl (C=O) groups is 2. The predicted octanol–water partition coefficient (Wildman–Crippen LogP) is 2.33. The minimum Gasteiger partial charge on any atom is -0.372 e. The predicted molar refractivity (Wildman–Crippen MR) is 108 cm³/mol. The summed E-state index contributed by atoms with van der Waals surface area (Å²) < 4.78 is 6.39. The first kappa shape index (κ1) is 19.2. The Balaban J connectivity index is 1.46. The number of nitrogens with one attached hydrogen (secondary N) is 2. The monoisotopic (exact) mass is 385 g/mol. The molecule has 3 saturated heterocycles. The van der Waals surface area contributed by atoms with E-state index in [9.17, 15) is 9.59 Å². The normalized spacial score (nSPS) is 31.0. The number of likely N-dealkylation sites (tertiary alicyclic amines) is 1. The third-order valence-electron chi connectivity index (χ3n) is 6.70. The molecule has 1 aromatic carbocycles. The van der Waals surface area contributed by atoms with Gasteiger partial charge >= 0.3 is 0 Å². The van der Waals surface area contributed by atoms with Crippen LogP contribution in [0.5, 0.6) is 0 Å². The zero-order chi connectivity index (χ0) is 20.1. The van der Waals surface area contributed by atoms with Gasteiger partial charge in [0, 0.05) is 37.5 Å². The van der Waals surface area contributed by atoms with Crippen LogP contribution in [0.15, 0.2) is 24.3 Å². The topological polar surface area (TPSA) is 70.7 Å². The van der Waals surface area contributed by atoms with Crippen molar-refractivity contribution in [2.24, 2.45) is 11.8 Å². The van der Waals surface area contributed by atoms with Crippen LogP contribution in [-0.4, -0.2) is 53.6 Å². The van der Waals surface area contributed by atoms with E-state index in [1.165, 1.54) is 5.56 Å². The molecule has 6 nitrogen and oxygen atoms in total. The van der Waals surface area contributed by atoms with Crippen LogP contribution >= 0.6 is 0 Å². The maximum absolute atomic E-state index is 13.4. The van der Waals surface area contributed by atoms with Crippen molar-refractivity contribution in [3.63, 3.8) is 0 Å². The van der Waals surface area contributed by atoms with Gasteiger partial charge in [-0.25, -0.2) is 0 Å². The number of hydrogen-bond donors (Lipinski definition) is 2. The number of aryl methyl sites for hydroxylation is 1. The molecule has 4 atom stereocenters. The SMILES string of the molecule is CC(=O)NC[C@H]1[C@H]2CN(C(=O)C(C)(C)Nc3ccc(C)cc3)C[C@]23CC[C@H]1O3. The second kappa shape index (κ2) is 6.76. The molecule has 0 radical (unpaired) electrons. The average Bonchev–Trinajstić information content (AvgIpc) is 3.29. The van der Waals surface area contributed by atoms with E-state index in [4.69, 9.17) is 4.74 Å². The number of benzene rings is 1. The molecule has 0 aliphatic carbocycles. The summed E-state index contributed by atoms with van der Waals surface area (Å²) in [6.07, 6.45) is 2.25. The van der Waals surface area contributed by atoms with E-state index in [-0.39, 0.29) is 23.5 Å². The highest BCUT2D eigenvalue weighted by atomic mass is 16.5. The molecule has 0 aromatic heterocycles. The van der Waals surface area contributed by atoms with Crippen LogP contribution in [0.4, 0.5) is 5.69 Å². The van der Waals surface area contributed by atoms with Crippen molar-refractivity contribution in [3.05, 3.63) is 29.8 Å². The molecule has 1 aromatic rings. The van der Waals surface area contributed by atoms with Crippen molar-refractivity contribution in [2.45, 2.75) is 57.8 Å². The minimum absolute atomic E-state index is 0.00816.